The molecule has 3 nitrogen and oxygen atoms in total. The fourth-order valence-electron chi connectivity index (χ4n) is 2.66. The lowest BCUT2D eigenvalue weighted by molar-refractivity contribution is 0.0740. The van der Waals surface area contributed by atoms with Crippen molar-refractivity contribution in [2.75, 3.05) is 0 Å². The predicted octanol–water partition coefficient (Wildman–Crippen LogP) is 1.68. The van der Waals surface area contributed by atoms with Crippen molar-refractivity contribution < 1.29 is 12.6 Å². The van der Waals surface area contributed by atoms with Gasteiger partial charge in [0, 0.05) is 5.92 Å². The van der Waals surface area contributed by atoms with Crippen LogP contribution in [0.4, 0.5) is 0 Å². The molecule has 1 heterocycles. The highest BCUT2D eigenvalue weighted by Gasteiger charge is 2.53. The SMILES string of the molecule is CC1(C)OS(=O)(=O)C2CCCCC21. The van der Waals surface area contributed by atoms with Crippen LogP contribution in [0.2, 0.25) is 0 Å². The number of rotatable bonds is 0. The molecule has 1 aliphatic heterocycles. The lowest BCUT2D eigenvalue weighted by Crippen LogP contribution is -2.34. The van der Waals surface area contributed by atoms with E-state index < -0.39 is 15.7 Å². The molecular weight excluding hydrogens is 188 g/mol. The largest absolute Gasteiger partial charge is 0.271 e. The fraction of sp³-hybridized carbons (Fsp3) is 1.00. The van der Waals surface area contributed by atoms with Gasteiger partial charge >= 0.3 is 0 Å². The summed E-state index contributed by atoms with van der Waals surface area (Å²) >= 11 is 0. The maximum absolute atomic E-state index is 11.6. The molecule has 2 rings (SSSR count). The van der Waals surface area contributed by atoms with Crippen molar-refractivity contribution in [3.63, 3.8) is 0 Å². The topological polar surface area (TPSA) is 43.4 Å². The molecule has 2 unspecified atom stereocenters. The van der Waals surface area contributed by atoms with E-state index >= 15 is 0 Å². The summed E-state index contributed by atoms with van der Waals surface area (Å²) in [4.78, 5) is 0. The van der Waals surface area contributed by atoms with E-state index in [1.165, 1.54) is 0 Å². The lowest BCUT2D eigenvalue weighted by atomic mass is 9.79. The molecule has 13 heavy (non-hydrogen) atoms. The van der Waals surface area contributed by atoms with E-state index in [0.717, 1.165) is 25.7 Å². The third kappa shape index (κ3) is 1.40. The molecule has 0 aromatic heterocycles. The molecule has 0 spiro atoms. The smallest absolute Gasteiger partial charge is 0.263 e. The van der Waals surface area contributed by atoms with Crippen molar-refractivity contribution in [3.8, 4) is 0 Å². The normalized spacial score (nSPS) is 41.4. The van der Waals surface area contributed by atoms with Gasteiger partial charge < -0.3 is 0 Å². The molecule has 4 heteroatoms. The number of hydrogen-bond donors (Lipinski definition) is 0. The minimum Gasteiger partial charge on any atom is -0.263 e. The van der Waals surface area contributed by atoms with E-state index in [-0.39, 0.29) is 11.2 Å². The zero-order valence-electron chi connectivity index (χ0n) is 8.12. The highest BCUT2D eigenvalue weighted by Crippen LogP contribution is 2.45. The van der Waals surface area contributed by atoms with Crippen LogP contribution in [-0.4, -0.2) is 19.3 Å². The second-order valence-corrected chi connectivity index (χ2v) is 6.37. The van der Waals surface area contributed by atoms with Crippen LogP contribution < -0.4 is 0 Å². The van der Waals surface area contributed by atoms with Crippen molar-refractivity contribution in [1.82, 2.24) is 0 Å². The Hall–Kier alpha value is -0.0900. The summed E-state index contributed by atoms with van der Waals surface area (Å²) in [6.45, 7) is 3.78. The van der Waals surface area contributed by atoms with E-state index in [0.29, 0.717) is 0 Å². The third-order valence-electron chi connectivity index (χ3n) is 3.30. The molecule has 0 aromatic rings. The van der Waals surface area contributed by atoms with Gasteiger partial charge in [0.25, 0.3) is 10.1 Å². The number of hydrogen-bond acceptors (Lipinski definition) is 3. The standard InChI is InChI=1S/C9H16O3S/c1-9(2)7-5-3-4-6-8(7)13(10,11)12-9/h7-8H,3-6H2,1-2H3. The van der Waals surface area contributed by atoms with E-state index in [1.807, 2.05) is 13.8 Å². The van der Waals surface area contributed by atoms with Crippen molar-refractivity contribution in [3.05, 3.63) is 0 Å². The van der Waals surface area contributed by atoms with Crippen LogP contribution in [0.1, 0.15) is 39.5 Å². The predicted molar refractivity (Wildman–Crippen MR) is 49.8 cm³/mol. The van der Waals surface area contributed by atoms with Crippen molar-refractivity contribution >= 4 is 10.1 Å². The highest BCUT2D eigenvalue weighted by atomic mass is 32.2. The van der Waals surface area contributed by atoms with Crippen LogP contribution in [0.15, 0.2) is 0 Å². The molecule has 1 saturated carbocycles. The maximum Gasteiger partial charge on any atom is 0.271 e. The number of fused-ring (bicyclic) bond motifs is 1. The molecule has 76 valence electrons. The molecule has 2 aliphatic rings. The van der Waals surface area contributed by atoms with Gasteiger partial charge in [-0.15, -0.1) is 0 Å². The van der Waals surface area contributed by atoms with Crippen molar-refractivity contribution in [2.24, 2.45) is 5.92 Å². The molecule has 2 fully saturated rings. The molecule has 1 saturated heterocycles. The van der Waals surface area contributed by atoms with Crippen LogP contribution >= 0.6 is 0 Å². The first-order valence-corrected chi connectivity index (χ1v) is 6.35. The first-order chi connectivity index (χ1) is 5.93. The Balaban J connectivity index is 2.36. The Morgan fingerprint density at radius 2 is 1.85 bits per heavy atom. The fourth-order valence-corrected chi connectivity index (χ4v) is 4.83. The minimum atomic E-state index is -3.25. The first kappa shape index (κ1) is 9.46. The van der Waals surface area contributed by atoms with Gasteiger partial charge in [-0.3, -0.25) is 4.18 Å². The van der Waals surface area contributed by atoms with Gasteiger partial charge in [0.1, 0.15) is 0 Å². The highest BCUT2D eigenvalue weighted by molar-refractivity contribution is 7.87. The van der Waals surface area contributed by atoms with E-state index in [9.17, 15) is 8.42 Å². The Morgan fingerprint density at radius 3 is 2.46 bits per heavy atom. The maximum atomic E-state index is 11.6. The molecule has 0 radical (unpaired) electrons. The van der Waals surface area contributed by atoms with Crippen molar-refractivity contribution in [2.45, 2.75) is 50.4 Å². The summed E-state index contributed by atoms with van der Waals surface area (Å²) in [6.07, 6.45) is 3.96. The molecule has 1 aliphatic carbocycles. The van der Waals surface area contributed by atoms with Gasteiger partial charge in [-0.05, 0) is 26.7 Å². The molecule has 0 bridgehead atoms. The zero-order valence-corrected chi connectivity index (χ0v) is 8.93. The van der Waals surface area contributed by atoms with Crippen LogP contribution in [-0.2, 0) is 14.3 Å². The lowest BCUT2D eigenvalue weighted by Gasteiger charge is -2.29. The van der Waals surface area contributed by atoms with Gasteiger partial charge in [-0.2, -0.15) is 8.42 Å². The summed E-state index contributed by atoms with van der Waals surface area (Å²) in [5.41, 5.74) is -0.468. The Morgan fingerprint density at radius 1 is 1.23 bits per heavy atom. The summed E-state index contributed by atoms with van der Waals surface area (Å²) in [7, 11) is -3.25. The summed E-state index contributed by atoms with van der Waals surface area (Å²) < 4.78 is 28.3. The van der Waals surface area contributed by atoms with Crippen LogP contribution in [0.25, 0.3) is 0 Å². The van der Waals surface area contributed by atoms with Gasteiger partial charge in [0.2, 0.25) is 0 Å². The average Bonchev–Trinajstić information content (AvgIpc) is 2.20. The quantitative estimate of drug-likeness (QED) is 0.564. The van der Waals surface area contributed by atoms with Gasteiger partial charge in [-0.25, -0.2) is 0 Å². The van der Waals surface area contributed by atoms with Crippen LogP contribution in [0.3, 0.4) is 0 Å². The summed E-state index contributed by atoms with van der Waals surface area (Å²) in [5.74, 6) is 0.214. The monoisotopic (exact) mass is 204 g/mol. The van der Waals surface area contributed by atoms with E-state index in [1.54, 1.807) is 0 Å². The van der Waals surface area contributed by atoms with Gasteiger partial charge in [0.05, 0.1) is 10.9 Å². The Kier molecular flexibility index (Phi) is 1.97. The molecule has 0 N–H and O–H groups in total. The Bertz CT molecular complexity index is 305. The Labute approximate surface area is 79.6 Å². The summed E-state index contributed by atoms with van der Waals surface area (Å²) in [5, 5.41) is -0.226. The average molecular weight is 204 g/mol. The van der Waals surface area contributed by atoms with E-state index in [4.69, 9.17) is 4.18 Å². The second kappa shape index (κ2) is 2.70. The van der Waals surface area contributed by atoms with Gasteiger partial charge in [-0.1, -0.05) is 12.8 Å². The minimum absolute atomic E-state index is 0.214. The first-order valence-electron chi connectivity index (χ1n) is 4.88. The van der Waals surface area contributed by atoms with E-state index in [2.05, 4.69) is 0 Å². The molecule has 0 amide bonds. The van der Waals surface area contributed by atoms with Crippen LogP contribution in [0.5, 0.6) is 0 Å². The third-order valence-corrected chi connectivity index (χ3v) is 5.26. The second-order valence-electron chi connectivity index (χ2n) is 4.61. The van der Waals surface area contributed by atoms with Crippen molar-refractivity contribution in [1.29, 1.82) is 0 Å². The molecular formula is C9H16O3S. The molecule has 0 aromatic carbocycles. The summed E-state index contributed by atoms with van der Waals surface area (Å²) in [6, 6.07) is 0. The van der Waals surface area contributed by atoms with Gasteiger partial charge in [0.15, 0.2) is 0 Å². The van der Waals surface area contributed by atoms with Crippen LogP contribution in [0, 0.1) is 5.92 Å². The molecule has 2 atom stereocenters. The zero-order chi connectivity index (χ0) is 9.69.